The molecular weight excluding hydrogens is 218 g/mol. The van der Waals surface area contributed by atoms with Crippen molar-refractivity contribution in [2.75, 3.05) is 19.8 Å². The molecule has 1 aromatic rings. The Balaban J connectivity index is 2.46. The summed E-state index contributed by atoms with van der Waals surface area (Å²) >= 11 is 1.67. The molecule has 0 saturated heterocycles. The van der Waals surface area contributed by atoms with Crippen LogP contribution in [0.3, 0.4) is 0 Å². The maximum atomic E-state index is 11.4. The van der Waals surface area contributed by atoms with Crippen LogP contribution in [0.1, 0.15) is 16.7 Å². The molecule has 0 aliphatic heterocycles. The van der Waals surface area contributed by atoms with Crippen molar-refractivity contribution < 1.29 is 4.79 Å². The molecule has 0 aliphatic carbocycles. The van der Waals surface area contributed by atoms with E-state index >= 15 is 0 Å². The van der Waals surface area contributed by atoms with E-state index in [0.29, 0.717) is 5.75 Å². The van der Waals surface area contributed by atoms with Crippen LogP contribution in [0.5, 0.6) is 0 Å². The van der Waals surface area contributed by atoms with E-state index in [4.69, 9.17) is 0 Å². The topological polar surface area (TPSA) is 20.3 Å². The Morgan fingerprint density at radius 3 is 2.25 bits per heavy atom. The van der Waals surface area contributed by atoms with E-state index in [1.807, 2.05) is 0 Å². The molecule has 1 amide bonds. The second-order valence-electron chi connectivity index (χ2n) is 4.28. The minimum atomic E-state index is 0.175. The van der Waals surface area contributed by atoms with E-state index in [1.54, 1.807) is 30.8 Å². The van der Waals surface area contributed by atoms with E-state index in [1.165, 1.54) is 16.7 Å². The van der Waals surface area contributed by atoms with Crippen LogP contribution in [0.15, 0.2) is 18.2 Å². The molecule has 0 fully saturated rings. The highest BCUT2D eigenvalue weighted by Gasteiger charge is 2.04. The van der Waals surface area contributed by atoms with Gasteiger partial charge in [-0.3, -0.25) is 4.79 Å². The van der Waals surface area contributed by atoms with Crippen molar-refractivity contribution >= 4 is 17.7 Å². The van der Waals surface area contributed by atoms with Gasteiger partial charge in [0.2, 0.25) is 5.91 Å². The molecule has 0 saturated carbocycles. The first kappa shape index (κ1) is 13.1. The lowest BCUT2D eigenvalue weighted by atomic mass is 10.1. The van der Waals surface area contributed by atoms with Crippen LogP contribution < -0.4 is 0 Å². The quantitative estimate of drug-likeness (QED) is 0.802. The van der Waals surface area contributed by atoms with E-state index in [-0.39, 0.29) is 5.91 Å². The summed E-state index contributed by atoms with van der Waals surface area (Å²) in [6.45, 7) is 4.21. The lowest BCUT2D eigenvalue weighted by Crippen LogP contribution is -2.23. The van der Waals surface area contributed by atoms with Crippen LogP contribution in [-0.2, 0) is 10.5 Å². The number of benzene rings is 1. The van der Waals surface area contributed by atoms with Crippen LogP contribution >= 0.6 is 11.8 Å². The maximum Gasteiger partial charge on any atom is 0.232 e. The molecule has 0 bridgehead atoms. The van der Waals surface area contributed by atoms with Crippen molar-refractivity contribution in [2.24, 2.45) is 0 Å². The highest BCUT2D eigenvalue weighted by Crippen LogP contribution is 2.15. The third-order valence-electron chi connectivity index (χ3n) is 2.27. The third-order valence-corrected chi connectivity index (χ3v) is 3.26. The predicted molar refractivity (Wildman–Crippen MR) is 70.8 cm³/mol. The zero-order valence-electron chi connectivity index (χ0n) is 10.4. The lowest BCUT2D eigenvalue weighted by Gasteiger charge is -2.10. The molecule has 1 rings (SSSR count). The zero-order valence-corrected chi connectivity index (χ0v) is 11.2. The minimum Gasteiger partial charge on any atom is -0.348 e. The minimum absolute atomic E-state index is 0.175. The molecule has 0 spiro atoms. The van der Waals surface area contributed by atoms with Gasteiger partial charge in [-0.1, -0.05) is 29.3 Å². The van der Waals surface area contributed by atoms with Crippen LogP contribution in [-0.4, -0.2) is 30.7 Å². The molecule has 0 heterocycles. The van der Waals surface area contributed by atoms with Gasteiger partial charge in [0, 0.05) is 19.8 Å². The van der Waals surface area contributed by atoms with Crippen LogP contribution in [0.25, 0.3) is 0 Å². The van der Waals surface area contributed by atoms with Gasteiger partial charge >= 0.3 is 0 Å². The van der Waals surface area contributed by atoms with Crippen molar-refractivity contribution in [3.63, 3.8) is 0 Å². The second kappa shape index (κ2) is 5.94. The molecule has 0 atom stereocenters. The molecule has 0 radical (unpaired) electrons. The lowest BCUT2D eigenvalue weighted by molar-refractivity contribution is -0.125. The molecule has 1 aromatic carbocycles. The van der Waals surface area contributed by atoms with Gasteiger partial charge in [0.25, 0.3) is 0 Å². The van der Waals surface area contributed by atoms with Gasteiger partial charge in [-0.25, -0.2) is 0 Å². The summed E-state index contributed by atoms with van der Waals surface area (Å²) < 4.78 is 0. The molecule has 2 nitrogen and oxygen atoms in total. The summed E-state index contributed by atoms with van der Waals surface area (Å²) in [7, 11) is 3.58. The second-order valence-corrected chi connectivity index (χ2v) is 5.26. The summed E-state index contributed by atoms with van der Waals surface area (Å²) in [6, 6.07) is 6.53. The largest absolute Gasteiger partial charge is 0.348 e. The first-order valence-corrected chi connectivity index (χ1v) is 6.49. The third kappa shape index (κ3) is 4.27. The maximum absolute atomic E-state index is 11.4. The molecule has 16 heavy (non-hydrogen) atoms. The number of thioether (sulfide) groups is 1. The van der Waals surface area contributed by atoms with Crippen LogP contribution in [0.2, 0.25) is 0 Å². The molecule has 0 N–H and O–H groups in total. The van der Waals surface area contributed by atoms with Crippen molar-refractivity contribution in [2.45, 2.75) is 19.6 Å². The monoisotopic (exact) mass is 237 g/mol. The first-order chi connectivity index (χ1) is 7.49. The molecule has 0 unspecified atom stereocenters. The van der Waals surface area contributed by atoms with E-state index in [2.05, 4.69) is 32.0 Å². The van der Waals surface area contributed by atoms with Crippen molar-refractivity contribution in [1.82, 2.24) is 4.90 Å². The van der Waals surface area contributed by atoms with Crippen LogP contribution in [0, 0.1) is 13.8 Å². The fraction of sp³-hybridized carbons (Fsp3) is 0.462. The highest BCUT2D eigenvalue weighted by molar-refractivity contribution is 7.99. The number of carbonyl (C=O) groups is 1. The predicted octanol–water partition coefficient (Wildman–Crippen LogP) is 2.62. The normalized spacial score (nSPS) is 10.2. The summed E-state index contributed by atoms with van der Waals surface area (Å²) in [5.41, 5.74) is 3.87. The van der Waals surface area contributed by atoms with E-state index in [0.717, 1.165) is 5.75 Å². The zero-order chi connectivity index (χ0) is 12.1. The first-order valence-electron chi connectivity index (χ1n) is 5.34. The fourth-order valence-electron chi connectivity index (χ4n) is 1.54. The number of carbonyl (C=O) groups excluding carboxylic acids is 1. The number of hydrogen-bond acceptors (Lipinski definition) is 2. The Labute approximate surface area is 102 Å². The average molecular weight is 237 g/mol. The van der Waals surface area contributed by atoms with Gasteiger partial charge < -0.3 is 4.90 Å². The summed E-state index contributed by atoms with van der Waals surface area (Å²) in [6.07, 6.45) is 0. The number of hydrogen-bond donors (Lipinski definition) is 0. The molecular formula is C13H19NOS. The van der Waals surface area contributed by atoms with Crippen molar-refractivity contribution in [1.29, 1.82) is 0 Å². The fourth-order valence-corrected chi connectivity index (χ4v) is 2.47. The molecule has 3 heteroatoms. The summed E-state index contributed by atoms with van der Waals surface area (Å²) in [5, 5.41) is 0. The Hall–Kier alpha value is -0.960. The van der Waals surface area contributed by atoms with Gasteiger partial charge in [0.15, 0.2) is 0 Å². The Morgan fingerprint density at radius 2 is 1.75 bits per heavy atom. The average Bonchev–Trinajstić information content (AvgIpc) is 2.15. The van der Waals surface area contributed by atoms with Gasteiger partial charge in [-0.15, -0.1) is 11.8 Å². The number of amides is 1. The number of rotatable bonds is 4. The summed E-state index contributed by atoms with van der Waals surface area (Å²) in [5.74, 6) is 1.64. The summed E-state index contributed by atoms with van der Waals surface area (Å²) in [4.78, 5) is 13.0. The van der Waals surface area contributed by atoms with Crippen LogP contribution in [0.4, 0.5) is 0 Å². The van der Waals surface area contributed by atoms with Gasteiger partial charge in [-0.2, -0.15) is 0 Å². The molecule has 88 valence electrons. The van der Waals surface area contributed by atoms with Crippen molar-refractivity contribution in [3.05, 3.63) is 34.9 Å². The van der Waals surface area contributed by atoms with Gasteiger partial charge in [0.05, 0.1) is 5.75 Å². The van der Waals surface area contributed by atoms with Gasteiger partial charge in [0.1, 0.15) is 0 Å². The molecule has 0 aliphatic rings. The Bertz CT molecular complexity index is 354. The number of aryl methyl sites for hydroxylation is 2. The Kier molecular flexibility index (Phi) is 4.87. The van der Waals surface area contributed by atoms with E-state index in [9.17, 15) is 4.79 Å². The smallest absolute Gasteiger partial charge is 0.232 e. The SMILES string of the molecule is Cc1cc(C)cc(CSCC(=O)N(C)C)c1. The van der Waals surface area contributed by atoms with Gasteiger partial charge in [-0.05, 0) is 19.4 Å². The Morgan fingerprint density at radius 1 is 1.19 bits per heavy atom. The highest BCUT2D eigenvalue weighted by atomic mass is 32.2. The van der Waals surface area contributed by atoms with Crippen molar-refractivity contribution in [3.8, 4) is 0 Å². The standard InChI is InChI=1S/C13H19NOS/c1-10-5-11(2)7-12(6-10)8-16-9-13(15)14(3)4/h5-7H,8-9H2,1-4H3. The number of nitrogens with zero attached hydrogens (tertiary/aromatic N) is 1. The van der Waals surface area contributed by atoms with E-state index < -0.39 is 0 Å². The molecule has 0 aromatic heterocycles.